The van der Waals surface area contributed by atoms with Crippen LogP contribution in [-0.4, -0.2) is 103 Å². The number of anilines is 1. The van der Waals surface area contributed by atoms with E-state index in [-0.39, 0.29) is 50.7 Å². The van der Waals surface area contributed by atoms with Crippen molar-refractivity contribution in [3.05, 3.63) is 189 Å². The Kier molecular flexibility index (Phi) is 18.4. The third kappa shape index (κ3) is 13.0. The SMILES string of the molecule is C=CCOC(=O)Nc1ccn([C@H]2C[C@H](OP(=O)(OCC=C)OC[C@H]3O[C@@H](n4cc(C)c(=O)[nH]c4=O)C[C@@H]3OC(=O)OCC=C)[C@@H](COC(c3ccccc3)(c3ccc(OC)cc3)c3ccc(OC)cc3)O2)c(=O)n1. The molecular weight excluding hydrogens is 986 g/mol. The van der Waals surface area contributed by atoms with Gasteiger partial charge < -0.3 is 37.9 Å². The minimum absolute atomic E-state index is 0.0820. The molecule has 23 heteroatoms. The van der Waals surface area contributed by atoms with Crippen LogP contribution >= 0.6 is 7.82 Å². The van der Waals surface area contributed by atoms with Crippen LogP contribution in [0.5, 0.6) is 11.5 Å². The molecular formula is C51H56N5O17P. The Hall–Kier alpha value is -7.43. The van der Waals surface area contributed by atoms with Crippen LogP contribution < -0.4 is 31.7 Å². The highest BCUT2D eigenvalue weighted by Crippen LogP contribution is 2.54. The van der Waals surface area contributed by atoms with Gasteiger partial charge in [-0.3, -0.25) is 37.8 Å². The summed E-state index contributed by atoms with van der Waals surface area (Å²) in [6.07, 6.45) is -2.62. The number of benzene rings is 3. The van der Waals surface area contributed by atoms with Crippen molar-refractivity contribution in [2.75, 3.05) is 52.6 Å². The van der Waals surface area contributed by atoms with Crippen molar-refractivity contribution in [1.82, 2.24) is 19.1 Å². The summed E-state index contributed by atoms with van der Waals surface area (Å²) in [5, 5.41) is 2.39. The number of nitrogens with one attached hydrogen (secondary N) is 2. The topological polar surface area (TPSA) is 255 Å². The molecule has 0 aliphatic carbocycles. The largest absolute Gasteiger partial charge is 0.508 e. The van der Waals surface area contributed by atoms with E-state index in [9.17, 15) is 24.0 Å². The number of carbonyl (C=O) groups excluding carboxylic acids is 2. The minimum atomic E-state index is -4.78. The van der Waals surface area contributed by atoms with Gasteiger partial charge in [-0.25, -0.2) is 23.7 Å². The van der Waals surface area contributed by atoms with Crippen molar-refractivity contribution in [3.63, 3.8) is 0 Å². The first-order valence-corrected chi connectivity index (χ1v) is 24.6. The Morgan fingerprint density at radius 1 is 0.770 bits per heavy atom. The highest BCUT2D eigenvalue weighted by atomic mass is 31.2. The number of ether oxygens (including phenoxy) is 8. The number of hydrogen-bond acceptors (Lipinski definition) is 18. The summed E-state index contributed by atoms with van der Waals surface area (Å²) in [4.78, 5) is 70.1. The van der Waals surface area contributed by atoms with Gasteiger partial charge in [-0.15, -0.1) is 6.58 Å². The van der Waals surface area contributed by atoms with Crippen LogP contribution in [0, 0.1) is 6.92 Å². The number of phosphoric ester groups is 1. The highest BCUT2D eigenvalue weighted by Gasteiger charge is 2.48. The first-order chi connectivity index (χ1) is 35.7. The molecule has 22 nitrogen and oxygen atoms in total. The van der Waals surface area contributed by atoms with Gasteiger partial charge in [-0.1, -0.05) is 86.0 Å². The Morgan fingerprint density at radius 2 is 1.35 bits per heavy atom. The standard InChI is InChI=1S/C51H56N5O17P/c1-7-25-65-49(60)53-43-23-24-55(47(58)52-43)44-29-40(41(70-44)31-67-51(34-13-11-10-12-14-34,35-15-19-37(63-5)20-16-35)36-17-21-38(64-6)22-18-36)73-74(62,68-27-9-3)69-32-42-39(72-50(61)66-26-8-2)28-45(71-42)56-30-33(4)46(57)54-48(56)59/h7-24,30,39-42,44-45H,1-3,25-29,31-32H2,4-6H3,(H,54,57,59)(H,52,53,58,60)/t39-,40-,41+,42+,44+,45+,74?/m0/s1. The molecule has 2 aliphatic heterocycles. The number of aromatic amines is 1. The summed E-state index contributed by atoms with van der Waals surface area (Å²) in [7, 11) is -1.66. The van der Waals surface area contributed by atoms with Gasteiger partial charge in [0.15, 0.2) is 0 Å². The van der Waals surface area contributed by atoms with Crippen LogP contribution in [0.25, 0.3) is 0 Å². The fourth-order valence-corrected chi connectivity index (χ4v) is 9.56. The molecule has 1 amide bonds. The molecule has 0 bridgehead atoms. The van der Waals surface area contributed by atoms with Crippen LogP contribution in [0.1, 0.15) is 47.6 Å². The van der Waals surface area contributed by atoms with E-state index in [1.165, 1.54) is 43.6 Å². The van der Waals surface area contributed by atoms with E-state index >= 15 is 4.57 Å². The second kappa shape index (κ2) is 25.0. The minimum Gasteiger partial charge on any atom is -0.497 e. The molecule has 0 radical (unpaired) electrons. The Morgan fingerprint density at radius 3 is 1.96 bits per heavy atom. The smallest absolute Gasteiger partial charge is 0.497 e. The van der Waals surface area contributed by atoms with E-state index < -0.39 is 86.1 Å². The Bertz CT molecular complexity index is 2930. The van der Waals surface area contributed by atoms with Crippen LogP contribution in [0.15, 0.2) is 150 Å². The molecule has 392 valence electrons. The molecule has 2 aliphatic rings. The summed E-state index contributed by atoms with van der Waals surface area (Å²) < 4.78 is 82.0. The zero-order valence-corrected chi connectivity index (χ0v) is 41.6. The van der Waals surface area contributed by atoms with Crippen molar-refractivity contribution in [3.8, 4) is 11.5 Å². The number of amides is 1. The van der Waals surface area contributed by atoms with Crippen LogP contribution in [-0.2, 0) is 52.2 Å². The highest BCUT2D eigenvalue weighted by molar-refractivity contribution is 7.48. The van der Waals surface area contributed by atoms with Gasteiger partial charge >= 0.3 is 31.5 Å². The third-order valence-electron chi connectivity index (χ3n) is 11.7. The average molecular weight is 1040 g/mol. The maximum absolute atomic E-state index is 15.0. The van der Waals surface area contributed by atoms with Gasteiger partial charge in [0, 0.05) is 30.8 Å². The number of carbonyl (C=O) groups is 2. The maximum atomic E-state index is 15.0. The molecule has 5 aromatic rings. The lowest BCUT2D eigenvalue weighted by Gasteiger charge is -2.37. The fraction of sp³-hybridized carbons (Fsp3) is 0.333. The normalized spacial score (nSPS) is 20.1. The van der Waals surface area contributed by atoms with Gasteiger partial charge in [-0.2, -0.15) is 4.98 Å². The molecule has 2 saturated heterocycles. The maximum Gasteiger partial charge on any atom is 0.508 e. The quantitative estimate of drug-likeness (QED) is 0.0277. The lowest BCUT2D eigenvalue weighted by Crippen LogP contribution is -2.38. The second-order valence-corrected chi connectivity index (χ2v) is 18.1. The summed E-state index contributed by atoms with van der Waals surface area (Å²) in [6, 6.07) is 25.4. The molecule has 3 aromatic carbocycles. The first-order valence-electron chi connectivity index (χ1n) is 23.1. The van der Waals surface area contributed by atoms with E-state index in [1.54, 1.807) is 38.5 Å². The summed E-state index contributed by atoms with van der Waals surface area (Å²) in [5.74, 6) is 1.07. The molecule has 2 aromatic heterocycles. The van der Waals surface area contributed by atoms with Gasteiger partial charge in [0.25, 0.3) is 5.56 Å². The number of nitrogens with zero attached hydrogens (tertiary/aromatic N) is 3. The second-order valence-electron chi connectivity index (χ2n) is 16.5. The van der Waals surface area contributed by atoms with Crippen LogP contribution in [0.2, 0.25) is 0 Å². The summed E-state index contributed by atoms with van der Waals surface area (Å²) in [5.41, 5.74) is -1.34. The molecule has 4 heterocycles. The Balaban J connectivity index is 1.24. The fourth-order valence-electron chi connectivity index (χ4n) is 8.19. The van der Waals surface area contributed by atoms with E-state index in [1.807, 2.05) is 54.6 Å². The first kappa shape index (κ1) is 54.3. The molecule has 7 atom stereocenters. The van der Waals surface area contributed by atoms with Gasteiger partial charge in [0.1, 0.15) is 73.0 Å². The number of rotatable bonds is 24. The molecule has 0 spiro atoms. The van der Waals surface area contributed by atoms with Crippen LogP contribution in [0.4, 0.5) is 15.4 Å². The molecule has 1 unspecified atom stereocenters. The lowest BCUT2D eigenvalue weighted by atomic mass is 9.80. The molecule has 2 N–H and O–H groups in total. The number of aromatic nitrogens is 4. The number of H-pyrrole nitrogens is 1. The predicted molar refractivity (Wildman–Crippen MR) is 266 cm³/mol. The third-order valence-corrected chi connectivity index (χ3v) is 13.2. The van der Waals surface area contributed by atoms with Crippen molar-refractivity contribution in [2.45, 2.75) is 62.2 Å². The summed E-state index contributed by atoms with van der Waals surface area (Å²) >= 11 is 0. The predicted octanol–water partition coefficient (Wildman–Crippen LogP) is 6.86. The summed E-state index contributed by atoms with van der Waals surface area (Å²) in [6.45, 7) is 10.7. The van der Waals surface area contributed by atoms with Crippen LogP contribution in [0.3, 0.4) is 0 Å². The Labute approximate surface area is 424 Å². The van der Waals surface area contributed by atoms with Crippen molar-refractivity contribution in [2.24, 2.45) is 0 Å². The number of phosphoric acid groups is 1. The number of methoxy groups -OCH3 is 2. The van der Waals surface area contributed by atoms with E-state index in [0.717, 1.165) is 9.13 Å². The average Bonchev–Trinajstić information content (AvgIpc) is 4.00. The monoisotopic (exact) mass is 1040 g/mol. The molecule has 0 saturated carbocycles. The van der Waals surface area contributed by atoms with Crippen molar-refractivity contribution >= 4 is 25.9 Å². The zero-order chi connectivity index (χ0) is 52.8. The molecule has 2 fully saturated rings. The van der Waals surface area contributed by atoms with Crippen molar-refractivity contribution < 1.29 is 65.6 Å². The van der Waals surface area contributed by atoms with Crippen molar-refractivity contribution in [1.29, 1.82) is 0 Å². The van der Waals surface area contributed by atoms with Gasteiger partial charge in [0.05, 0.1) is 34.0 Å². The molecule has 7 rings (SSSR count). The number of aryl methyl sites for hydroxylation is 1. The lowest BCUT2D eigenvalue weighted by molar-refractivity contribution is -0.0961. The van der Waals surface area contributed by atoms with E-state index in [0.29, 0.717) is 28.2 Å². The molecule has 74 heavy (non-hydrogen) atoms. The van der Waals surface area contributed by atoms with Gasteiger partial charge in [-0.05, 0) is 53.9 Å². The van der Waals surface area contributed by atoms with E-state index in [2.05, 4.69) is 35.0 Å². The van der Waals surface area contributed by atoms with Gasteiger partial charge in [0.2, 0.25) is 0 Å². The zero-order valence-electron chi connectivity index (χ0n) is 40.7. The number of hydrogen-bond donors (Lipinski definition) is 2. The van der Waals surface area contributed by atoms with E-state index in [4.69, 9.17) is 51.5 Å².